The van der Waals surface area contributed by atoms with Gasteiger partial charge in [-0.2, -0.15) is 0 Å². The molecule has 0 aliphatic rings. The highest BCUT2D eigenvalue weighted by molar-refractivity contribution is 9.10. The van der Waals surface area contributed by atoms with Crippen LogP contribution in [0.15, 0.2) is 35.3 Å². The maximum absolute atomic E-state index is 5.96. The van der Waals surface area contributed by atoms with Gasteiger partial charge >= 0.3 is 0 Å². The van der Waals surface area contributed by atoms with Crippen molar-refractivity contribution in [3.63, 3.8) is 0 Å². The van der Waals surface area contributed by atoms with E-state index in [1.54, 1.807) is 17.5 Å². The number of nitrogens with one attached hydrogen (secondary N) is 1. The second-order valence-electron chi connectivity index (χ2n) is 4.43. The standard InChI is InChI=1S/C13H12BrClN4S/c1-8(10-2-3-12(15)20-10)16-4-9-5-18-13-6-17-11(14)7-19(9)13/h2-3,5-8,16H,4H2,1H3. The van der Waals surface area contributed by atoms with Gasteiger partial charge in [0.15, 0.2) is 5.65 Å². The van der Waals surface area contributed by atoms with E-state index in [9.17, 15) is 0 Å². The van der Waals surface area contributed by atoms with E-state index >= 15 is 0 Å². The number of aromatic nitrogens is 3. The molecule has 3 heterocycles. The predicted octanol–water partition coefficient (Wildman–Crippen LogP) is 4.06. The van der Waals surface area contributed by atoms with Crippen LogP contribution >= 0.6 is 38.9 Å². The summed E-state index contributed by atoms with van der Waals surface area (Å²) in [6.07, 6.45) is 5.53. The number of rotatable bonds is 4. The third-order valence-electron chi connectivity index (χ3n) is 3.05. The van der Waals surface area contributed by atoms with Crippen LogP contribution in [0.1, 0.15) is 23.5 Å². The predicted molar refractivity (Wildman–Crippen MR) is 85.3 cm³/mol. The molecule has 3 aromatic heterocycles. The molecular weight excluding hydrogens is 360 g/mol. The first kappa shape index (κ1) is 14.0. The first-order chi connectivity index (χ1) is 9.63. The fraction of sp³-hybridized carbons (Fsp3) is 0.231. The molecule has 0 saturated carbocycles. The van der Waals surface area contributed by atoms with Crippen molar-refractivity contribution >= 4 is 44.5 Å². The minimum atomic E-state index is 0.253. The lowest BCUT2D eigenvalue weighted by Crippen LogP contribution is -2.18. The van der Waals surface area contributed by atoms with Gasteiger partial charge in [-0.05, 0) is 35.0 Å². The van der Waals surface area contributed by atoms with Crippen LogP contribution in [0.4, 0.5) is 0 Å². The number of fused-ring (bicyclic) bond motifs is 1. The molecule has 3 rings (SSSR count). The number of thiophene rings is 1. The van der Waals surface area contributed by atoms with Gasteiger partial charge in [0, 0.05) is 23.7 Å². The van der Waals surface area contributed by atoms with E-state index in [1.807, 2.05) is 22.9 Å². The number of imidazole rings is 1. The largest absolute Gasteiger partial charge is 0.304 e. The molecule has 0 aliphatic heterocycles. The van der Waals surface area contributed by atoms with Gasteiger partial charge in [-0.25, -0.2) is 9.97 Å². The quantitative estimate of drug-likeness (QED) is 0.752. The molecule has 0 saturated heterocycles. The number of hydrogen-bond acceptors (Lipinski definition) is 4. The van der Waals surface area contributed by atoms with Crippen molar-refractivity contribution in [3.8, 4) is 0 Å². The summed E-state index contributed by atoms with van der Waals surface area (Å²) < 4.78 is 3.64. The first-order valence-corrected chi connectivity index (χ1v) is 8.08. The van der Waals surface area contributed by atoms with Crippen LogP contribution in [0, 0.1) is 0 Å². The maximum atomic E-state index is 5.96. The molecule has 0 bridgehead atoms. The lowest BCUT2D eigenvalue weighted by molar-refractivity contribution is 0.573. The molecule has 7 heteroatoms. The number of hydrogen-bond donors (Lipinski definition) is 1. The minimum absolute atomic E-state index is 0.253. The van der Waals surface area contributed by atoms with Gasteiger partial charge in [0.1, 0.15) is 4.60 Å². The third-order valence-corrected chi connectivity index (χ3v) is 4.87. The van der Waals surface area contributed by atoms with E-state index in [0.29, 0.717) is 0 Å². The van der Waals surface area contributed by atoms with Gasteiger partial charge in [-0.15, -0.1) is 11.3 Å². The third kappa shape index (κ3) is 2.88. The van der Waals surface area contributed by atoms with Gasteiger partial charge in [0.05, 0.1) is 22.4 Å². The van der Waals surface area contributed by atoms with Crippen molar-refractivity contribution < 1.29 is 0 Å². The lowest BCUT2D eigenvalue weighted by atomic mass is 10.2. The molecule has 1 unspecified atom stereocenters. The van der Waals surface area contributed by atoms with Gasteiger partial charge < -0.3 is 5.32 Å². The zero-order valence-corrected chi connectivity index (χ0v) is 13.8. The van der Waals surface area contributed by atoms with Crippen LogP contribution in [0.2, 0.25) is 4.34 Å². The molecule has 0 radical (unpaired) electrons. The average molecular weight is 372 g/mol. The lowest BCUT2D eigenvalue weighted by Gasteiger charge is -2.11. The molecule has 0 aromatic carbocycles. The minimum Gasteiger partial charge on any atom is -0.304 e. The van der Waals surface area contributed by atoms with Gasteiger partial charge in [-0.1, -0.05) is 11.6 Å². The van der Waals surface area contributed by atoms with E-state index in [0.717, 1.165) is 26.8 Å². The summed E-state index contributed by atoms with van der Waals surface area (Å²) in [4.78, 5) is 9.73. The monoisotopic (exact) mass is 370 g/mol. The van der Waals surface area contributed by atoms with E-state index in [2.05, 4.69) is 44.2 Å². The average Bonchev–Trinajstić information content (AvgIpc) is 3.02. The van der Waals surface area contributed by atoms with Gasteiger partial charge in [0.2, 0.25) is 0 Å². The Hall–Kier alpha value is -0.950. The highest BCUT2D eigenvalue weighted by atomic mass is 79.9. The van der Waals surface area contributed by atoms with E-state index < -0.39 is 0 Å². The Morgan fingerprint density at radius 1 is 1.40 bits per heavy atom. The Morgan fingerprint density at radius 2 is 2.25 bits per heavy atom. The SMILES string of the molecule is CC(NCc1cnc2cnc(Br)cn12)c1ccc(Cl)s1. The van der Waals surface area contributed by atoms with Crippen molar-refractivity contribution in [2.24, 2.45) is 0 Å². The summed E-state index contributed by atoms with van der Waals surface area (Å²) in [5.41, 5.74) is 1.94. The van der Waals surface area contributed by atoms with Crippen LogP contribution in [0.5, 0.6) is 0 Å². The maximum Gasteiger partial charge on any atom is 0.155 e. The highest BCUT2D eigenvalue weighted by Gasteiger charge is 2.10. The summed E-state index contributed by atoms with van der Waals surface area (Å²) in [6, 6.07) is 4.24. The Bertz CT molecular complexity index is 739. The molecule has 4 nitrogen and oxygen atoms in total. The van der Waals surface area contributed by atoms with E-state index in [1.165, 1.54) is 4.88 Å². The Balaban J connectivity index is 1.75. The Labute approximate surface area is 134 Å². The number of nitrogens with zero attached hydrogens (tertiary/aromatic N) is 3. The molecule has 0 aliphatic carbocycles. The molecular formula is C13H12BrClN4S. The second kappa shape index (κ2) is 5.81. The molecule has 1 atom stereocenters. The van der Waals surface area contributed by atoms with Crippen LogP contribution in [0.25, 0.3) is 5.65 Å². The van der Waals surface area contributed by atoms with Crippen molar-refractivity contribution in [3.05, 3.63) is 50.2 Å². The van der Waals surface area contributed by atoms with Crippen LogP contribution in [0.3, 0.4) is 0 Å². The summed E-state index contributed by atoms with van der Waals surface area (Å²) in [7, 11) is 0. The van der Waals surface area contributed by atoms with Crippen molar-refractivity contribution in [2.45, 2.75) is 19.5 Å². The molecule has 20 heavy (non-hydrogen) atoms. The zero-order valence-electron chi connectivity index (χ0n) is 10.7. The fourth-order valence-corrected chi connectivity index (χ4v) is 3.36. The molecule has 104 valence electrons. The Kier molecular flexibility index (Phi) is 4.07. The van der Waals surface area contributed by atoms with Gasteiger partial charge in [0.25, 0.3) is 0 Å². The van der Waals surface area contributed by atoms with Gasteiger partial charge in [-0.3, -0.25) is 4.40 Å². The first-order valence-electron chi connectivity index (χ1n) is 6.09. The molecule has 0 amide bonds. The van der Waals surface area contributed by atoms with E-state index in [4.69, 9.17) is 11.6 Å². The van der Waals surface area contributed by atoms with Crippen LogP contribution < -0.4 is 5.32 Å². The molecule has 1 N–H and O–H groups in total. The topological polar surface area (TPSA) is 42.2 Å². The normalized spacial score (nSPS) is 12.9. The highest BCUT2D eigenvalue weighted by Crippen LogP contribution is 2.26. The second-order valence-corrected chi connectivity index (χ2v) is 6.99. The summed E-state index contributed by atoms with van der Waals surface area (Å²) in [5.74, 6) is 0. The molecule has 0 fully saturated rings. The summed E-state index contributed by atoms with van der Waals surface area (Å²) >= 11 is 10.9. The van der Waals surface area contributed by atoms with E-state index in [-0.39, 0.29) is 6.04 Å². The van der Waals surface area contributed by atoms with Crippen molar-refractivity contribution in [2.75, 3.05) is 0 Å². The fourth-order valence-electron chi connectivity index (χ4n) is 1.97. The van der Waals surface area contributed by atoms with Crippen molar-refractivity contribution in [1.82, 2.24) is 19.7 Å². The van der Waals surface area contributed by atoms with Crippen molar-refractivity contribution in [1.29, 1.82) is 0 Å². The molecule has 3 aromatic rings. The number of halogens is 2. The molecule has 0 spiro atoms. The summed E-state index contributed by atoms with van der Waals surface area (Å²) in [6.45, 7) is 2.86. The van der Waals surface area contributed by atoms with Crippen LogP contribution in [-0.2, 0) is 6.54 Å². The summed E-state index contributed by atoms with van der Waals surface area (Å²) in [5, 5.41) is 3.48. The smallest absolute Gasteiger partial charge is 0.155 e. The van der Waals surface area contributed by atoms with Crippen LogP contribution in [-0.4, -0.2) is 14.4 Å². The zero-order chi connectivity index (χ0) is 14.1. The Morgan fingerprint density at radius 3 is 3.00 bits per heavy atom.